The van der Waals surface area contributed by atoms with Gasteiger partial charge < -0.3 is 9.47 Å². The van der Waals surface area contributed by atoms with Crippen LogP contribution in [0.25, 0.3) is 11.5 Å². The van der Waals surface area contributed by atoms with Crippen LogP contribution in [0.1, 0.15) is 49.6 Å². The van der Waals surface area contributed by atoms with Gasteiger partial charge in [-0.2, -0.15) is 5.10 Å². The van der Waals surface area contributed by atoms with Crippen molar-refractivity contribution in [3.8, 4) is 11.5 Å². The number of benzene rings is 1. The second-order valence-electron chi connectivity index (χ2n) is 8.48. The van der Waals surface area contributed by atoms with Crippen LogP contribution in [0.4, 0.5) is 0 Å². The summed E-state index contributed by atoms with van der Waals surface area (Å²) in [6.45, 7) is 5.52. The maximum atomic E-state index is 13.5. The lowest BCUT2D eigenvalue weighted by atomic mass is 9.93. The molecule has 150 valence electrons. The van der Waals surface area contributed by atoms with Gasteiger partial charge >= 0.3 is 0 Å². The Morgan fingerprint density at radius 1 is 1.17 bits per heavy atom. The highest BCUT2D eigenvalue weighted by atomic mass is 16.2. The summed E-state index contributed by atoms with van der Waals surface area (Å²) in [5.41, 5.74) is 3.94. The Morgan fingerprint density at radius 3 is 2.62 bits per heavy atom. The zero-order valence-electron chi connectivity index (χ0n) is 17.2. The fraction of sp³-hybridized carbons (Fsp3) is 0.455. The van der Waals surface area contributed by atoms with Gasteiger partial charge in [-0.05, 0) is 32.3 Å². The summed E-state index contributed by atoms with van der Waals surface area (Å²) >= 11 is 0. The SMILES string of the molecule is CC(C)n1cnnc1-c1nn(C)c2c1CN(C(=O)C1(c3ccccc3)CC1)CC2. The zero-order chi connectivity index (χ0) is 20.2. The molecular formula is C22H26N6O. The number of fused-ring (bicyclic) bond motifs is 1. The molecule has 3 aromatic rings. The number of hydrogen-bond acceptors (Lipinski definition) is 4. The fourth-order valence-electron chi connectivity index (χ4n) is 4.55. The van der Waals surface area contributed by atoms with Crippen molar-refractivity contribution in [1.29, 1.82) is 0 Å². The first-order chi connectivity index (χ1) is 14.0. The largest absolute Gasteiger partial charge is 0.337 e. The number of nitrogens with zero attached hydrogens (tertiary/aromatic N) is 6. The molecule has 7 heteroatoms. The summed E-state index contributed by atoms with van der Waals surface area (Å²) in [6.07, 6.45) is 4.42. The van der Waals surface area contributed by atoms with E-state index in [0.717, 1.165) is 48.5 Å². The van der Waals surface area contributed by atoms with Crippen LogP contribution in [0.5, 0.6) is 0 Å². The van der Waals surface area contributed by atoms with Gasteiger partial charge in [0.05, 0.1) is 5.41 Å². The van der Waals surface area contributed by atoms with Gasteiger partial charge in [0.1, 0.15) is 12.0 Å². The van der Waals surface area contributed by atoms with Crippen molar-refractivity contribution in [1.82, 2.24) is 29.4 Å². The average molecular weight is 390 g/mol. The first kappa shape index (κ1) is 18.1. The van der Waals surface area contributed by atoms with E-state index in [1.807, 2.05) is 39.4 Å². The smallest absolute Gasteiger partial charge is 0.233 e. The lowest BCUT2D eigenvalue weighted by Crippen LogP contribution is -2.42. The molecule has 2 aromatic heterocycles. The van der Waals surface area contributed by atoms with Crippen LogP contribution in [-0.2, 0) is 30.2 Å². The van der Waals surface area contributed by atoms with E-state index < -0.39 is 0 Å². The number of amides is 1. The van der Waals surface area contributed by atoms with Gasteiger partial charge in [0.2, 0.25) is 5.91 Å². The van der Waals surface area contributed by atoms with E-state index in [9.17, 15) is 4.79 Å². The summed E-state index contributed by atoms with van der Waals surface area (Å²) < 4.78 is 3.98. The lowest BCUT2D eigenvalue weighted by molar-refractivity contribution is -0.134. The first-order valence-corrected chi connectivity index (χ1v) is 10.3. The van der Waals surface area contributed by atoms with Crippen molar-refractivity contribution in [2.75, 3.05) is 6.54 Å². The van der Waals surface area contributed by atoms with E-state index in [1.165, 1.54) is 5.69 Å². The van der Waals surface area contributed by atoms with Crippen molar-refractivity contribution in [3.05, 3.63) is 53.5 Å². The van der Waals surface area contributed by atoms with E-state index in [1.54, 1.807) is 6.33 Å². The minimum atomic E-state index is -0.334. The molecule has 0 unspecified atom stereocenters. The van der Waals surface area contributed by atoms with Gasteiger partial charge in [-0.25, -0.2) is 0 Å². The topological polar surface area (TPSA) is 68.8 Å². The van der Waals surface area contributed by atoms with Crippen molar-refractivity contribution in [2.24, 2.45) is 7.05 Å². The quantitative estimate of drug-likeness (QED) is 0.687. The molecule has 1 amide bonds. The Morgan fingerprint density at radius 2 is 1.93 bits per heavy atom. The van der Waals surface area contributed by atoms with Crippen LogP contribution in [0.15, 0.2) is 36.7 Å². The van der Waals surface area contributed by atoms with Crippen LogP contribution < -0.4 is 0 Å². The number of aromatic nitrogens is 5. The molecule has 3 heterocycles. The molecule has 0 radical (unpaired) electrons. The van der Waals surface area contributed by atoms with Crippen molar-refractivity contribution in [3.63, 3.8) is 0 Å². The molecule has 0 bridgehead atoms. The monoisotopic (exact) mass is 390 g/mol. The maximum absolute atomic E-state index is 13.5. The number of hydrogen-bond donors (Lipinski definition) is 0. The number of carbonyl (C=O) groups is 1. The molecule has 7 nitrogen and oxygen atoms in total. The summed E-state index contributed by atoms with van der Waals surface area (Å²) in [4.78, 5) is 15.6. The van der Waals surface area contributed by atoms with Crippen molar-refractivity contribution < 1.29 is 4.79 Å². The van der Waals surface area contributed by atoms with Gasteiger partial charge in [0.25, 0.3) is 0 Å². The fourth-order valence-corrected chi connectivity index (χ4v) is 4.55. The predicted octanol–water partition coefficient (Wildman–Crippen LogP) is 2.88. The summed E-state index contributed by atoms with van der Waals surface area (Å²) in [5, 5.41) is 13.2. The van der Waals surface area contributed by atoms with E-state index in [2.05, 4.69) is 36.2 Å². The average Bonchev–Trinajstić information content (AvgIpc) is 3.28. The summed E-state index contributed by atoms with van der Waals surface area (Å²) in [7, 11) is 1.97. The molecule has 29 heavy (non-hydrogen) atoms. The molecule has 1 saturated carbocycles. The third-order valence-electron chi connectivity index (χ3n) is 6.36. The number of aryl methyl sites for hydroxylation is 1. The van der Waals surface area contributed by atoms with Gasteiger partial charge in [-0.3, -0.25) is 9.48 Å². The van der Waals surface area contributed by atoms with E-state index in [-0.39, 0.29) is 17.4 Å². The minimum absolute atomic E-state index is 0.242. The van der Waals surface area contributed by atoms with Crippen LogP contribution >= 0.6 is 0 Å². The summed E-state index contributed by atoms with van der Waals surface area (Å²) in [5.74, 6) is 1.02. The van der Waals surface area contributed by atoms with Gasteiger partial charge in [-0.1, -0.05) is 30.3 Å². The van der Waals surface area contributed by atoms with Gasteiger partial charge in [0.15, 0.2) is 5.82 Å². The third-order valence-corrected chi connectivity index (χ3v) is 6.36. The number of carbonyl (C=O) groups excluding carboxylic acids is 1. The van der Waals surface area contributed by atoms with Crippen LogP contribution in [-0.4, -0.2) is 41.9 Å². The Balaban J connectivity index is 1.49. The zero-order valence-corrected chi connectivity index (χ0v) is 17.2. The minimum Gasteiger partial charge on any atom is -0.337 e. The Hall–Kier alpha value is -2.96. The lowest BCUT2D eigenvalue weighted by Gasteiger charge is -2.31. The first-order valence-electron chi connectivity index (χ1n) is 10.3. The second-order valence-corrected chi connectivity index (χ2v) is 8.48. The molecule has 1 fully saturated rings. The Labute approximate surface area is 170 Å². The molecule has 1 aliphatic carbocycles. The molecule has 5 rings (SSSR count). The molecule has 1 aromatic carbocycles. The van der Waals surface area contributed by atoms with Crippen LogP contribution in [0.2, 0.25) is 0 Å². The van der Waals surface area contributed by atoms with Crippen LogP contribution in [0.3, 0.4) is 0 Å². The highest BCUT2D eigenvalue weighted by Gasteiger charge is 2.53. The van der Waals surface area contributed by atoms with Crippen molar-refractivity contribution in [2.45, 2.75) is 51.1 Å². The van der Waals surface area contributed by atoms with Crippen molar-refractivity contribution >= 4 is 5.91 Å². The highest BCUT2D eigenvalue weighted by Crippen LogP contribution is 2.50. The van der Waals surface area contributed by atoms with Crippen LogP contribution in [0, 0.1) is 0 Å². The van der Waals surface area contributed by atoms with Gasteiger partial charge in [0, 0.05) is 43.9 Å². The Bertz CT molecular complexity index is 1060. The molecule has 0 atom stereocenters. The molecule has 2 aliphatic rings. The maximum Gasteiger partial charge on any atom is 0.233 e. The third kappa shape index (κ3) is 2.79. The predicted molar refractivity (Wildman–Crippen MR) is 109 cm³/mol. The number of rotatable bonds is 4. The molecule has 0 spiro atoms. The molecule has 0 N–H and O–H groups in total. The highest BCUT2D eigenvalue weighted by molar-refractivity contribution is 5.91. The van der Waals surface area contributed by atoms with Gasteiger partial charge in [-0.15, -0.1) is 10.2 Å². The summed E-state index contributed by atoms with van der Waals surface area (Å²) in [6, 6.07) is 10.5. The molecular weight excluding hydrogens is 364 g/mol. The Kier molecular flexibility index (Phi) is 4.08. The standard InChI is InChI=1S/C22H26N6O/c1-15(2)28-14-23-24-20(28)19-17-13-27(12-9-18(17)26(3)25-19)21(29)22(10-11-22)16-7-5-4-6-8-16/h4-8,14-15H,9-13H2,1-3H3. The second kappa shape index (κ2) is 6.54. The van der Waals surface area contributed by atoms with E-state index in [0.29, 0.717) is 6.54 Å². The molecule has 1 aliphatic heterocycles. The molecule has 0 saturated heterocycles. The normalized spacial score (nSPS) is 17.4. The van der Waals surface area contributed by atoms with E-state index >= 15 is 0 Å². The van der Waals surface area contributed by atoms with E-state index in [4.69, 9.17) is 5.10 Å².